The molecule has 0 heterocycles. The Balaban J connectivity index is 2.49. The molecule has 1 rings (SSSR count). The highest BCUT2D eigenvalue weighted by Crippen LogP contribution is 2.28. The van der Waals surface area contributed by atoms with Gasteiger partial charge in [-0.25, -0.2) is 0 Å². The van der Waals surface area contributed by atoms with Gasteiger partial charge >= 0.3 is 5.97 Å². The van der Waals surface area contributed by atoms with Crippen LogP contribution in [0.3, 0.4) is 0 Å². The number of nitrogens with two attached hydrogens (primary N) is 1. The molecule has 0 fully saturated rings. The third-order valence-corrected chi connectivity index (χ3v) is 3.32. The van der Waals surface area contributed by atoms with Crippen molar-refractivity contribution in [2.24, 2.45) is 5.73 Å². The molecule has 0 aromatic heterocycles. The van der Waals surface area contributed by atoms with Gasteiger partial charge in [0.25, 0.3) is 0 Å². The van der Waals surface area contributed by atoms with E-state index in [1.165, 1.54) is 5.56 Å². The molecule has 1 aromatic rings. The maximum Gasteiger partial charge on any atom is 0.305 e. The topological polar surface area (TPSA) is 61.5 Å². The Morgan fingerprint density at radius 2 is 2.00 bits per heavy atom. The van der Waals surface area contributed by atoms with Crippen LogP contribution in [0, 0.1) is 6.92 Å². The van der Waals surface area contributed by atoms with Crippen LogP contribution in [0.1, 0.15) is 56.7 Å². The number of esters is 1. The summed E-state index contributed by atoms with van der Waals surface area (Å²) in [7, 11) is 0. The number of rotatable bonds is 9. The Labute approximate surface area is 127 Å². The Bertz CT molecular complexity index is 446. The first-order valence-electron chi connectivity index (χ1n) is 7.73. The molecular weight excluding hydrogens is 266 g/mol. The SMILES string of the molecule is CCOC(=O)CCCCC(N)c1cc(C)ccc1OCC. The van der Waals surface area contributed by atoms with E-state index in [0.29, 0.717) is 19.6 Å². The summed E-state index contributed by atoms with van der Waals surface area (Å²) in [6, 6.07) is 6.03. The Hall–Kier alpha value is -1.55. The molecule has 0 aliphatic rings. The number of hydrogen-bond donors (Lipinski definition) is 1. The molecule has 118 valence electrons. The van der Waals surface area contributed by atoms with E-state index in [-0.39, 0.29) is 12.0 Å². The minimum absolute atomic E-state index is 0.0614. The van der Waals surface area contributed by atoms with Crippen molar-refractivity contribution in [1.29, 1.82) is 0 Å². The molecule has 0 aliphatic carbocycles. The monoisotopic (exact) mass is 293 g/mol. The standard InChI is InChI=1S/C17H27NO3/c1-4-20-16-11-10-13(3)12-14(16)15(18)8-6-7-9-17(19)21-5-2/h10-12,15H,4-9,18H2,1-3H3. The predicted octanol–water partition coefficient (Wildman–Crippen LogP) is 3.52. The van der Waals surface area contributed by atoms with Gasteiger partial charge in [0.1, 0.15) is 5.75 Å². The van der Waals surface area contributed by atoms with Gasteiger partial charge in [-0.15, -0.1) is 0 Å². The third kappa shape index (κ3) is 6.17. The quantitative estimate of drug-likeness (QED) is 0.559. The summed E-state index contributed by atoms with van der Waals surface area (Å²) in [5.41, 5.74) is 8.50. The fraction of sp³-hybridized carbons (Fsp3) is 0.588. The second kappa shape index (κ2) is 9.40. The van der Waals surface area contributed by atoms with Crippen LogP contribution in [0.25, 0.3) is 0 Å². The predicted molar refractivity (Wildman–Crippen MR) is 84.4 cm³/mol. The van der Waals surface area contributed by atoms with E-state index in [2.05, 4.69) is 6.07 Å². The third-order valence-electron chi connectivity index (χ3n) is 3.32. The van der Waals surface area contributed by atoms with E-state index in [1.807, 2.05) is 32.9 Å². The van der Waals surface area contributed by atoms with Gasteiger partial charge in [0.2, 0.25) is 0 Å². The molecule has 0 spiro atoms. The highest BCUT2D eigenvalue weighted by molar-refractivity contribution is 5.69. The second-order valence-electron chi connectivity index (χ2n) is 5.13. The van der Waals surface area contributed by atoms with Crippen LogP contribution in [0.15, 0.2) is 18.2 Å². The second-order valence-corrected chi connectivity index (χ2v) is 5.13. The summed E-state index contributed by atoms with van der Waals surface area (Å²) in [6.07, 6.45) is 3.01. The number of aryl methyl sites for hydroxylation is 1. The van der Waals surface area contributed by atoms with Crippen LogP contribution in [0.2, 0.25) is 0 Å². The summed E-state index contributed by atoms with van der Waals surface area (Å²) >= 11 is 0. The molecule has 0 amide bonds. The van der Waals surface area contributed by atoms with Crippen molar-refractivity contribution < 1.29 is 14.3 Å². The van der Waals surface area contributed by atoms with Crippen LogP contribution in [-0.4, -0.2) is 19.2 Å². The lowest BCUT2D eigenvalue weighted by molar-refractivity contribution is -0.143. The van der Waals surface area contributed by atoms with Gasteiger partial charge in [-0.1, -0.05) is 24.1 Å². The average molecular weight is 293 g/mol. The smallest absolute Gasteiger partial charge is 0.305 e. The van der Waals surface area contributed by atoms with Gasteiger partial charge in [-0.05, 0) is 39.7 Å². The van der Waals surface area contributed by atoms with Gasteiger partial charge in [0.15, 0.2) is 0 Å². The number of benzene rings is 1. The molecule has 4 nitrogen and oxygen atoms in total. The van der Waals surface area contributed by atoms with E-state index in [1.54, 1.807) is 0 Å². The van der Waals surface area contributed by atoms with Crippen LogP contribution in [0.4, 0.5) is 0 Å². The number of hydrogen-bond acceptors (Lipinski definition) is 4. The van der Waals surface area contributed by atoms with Gasteiger partial charge in [0.05, 0.1) is 13.2 Å². The van der Waals surface area contributed by atoms with Crippen LogP contribution in [-0.2, 0) is 9.53 Å². The fourth-order valence-corrected chi connectivity index (χ4v) is 2.27. The number of carbonyl (C=O) groups excluding carboxylic acids is 1. The molecule has 1 aromatic carbocycles. The van der Waals surface area contributed by atoms with Gasteiger partial charge in [0, 0.05) is 18.0 Å². The number of unbranched alkanes of at least 4 members (excludes halogenated alkanes) is 1. The molecule has 1 unspecified atom stereocenters. The summed E-state index contributed by atoms with van der Waals surface area (Å²) in [5, 5.41) is 0. The van der Waals surface area contributed by atoms with Crippen molar-refractivity contribution >= 4 is 5.97 Å². The molecule has 0 saturated heterocycles. The Morgan fingerprint density at radius 3 is 2.67 bits per heavy atom. The van der Waals surface area contributed by atoms with Crippen molar-refractivity contribution in [3.63, 3.8) is 0 Å². The highest BCUT2D eigenvalue weighted by Gasteiger charge is 2.13. The molecule has 0 radical (unpaired) electrons. The molecule has 0 aliphatic heterocycles. The van der Waals surface area contributed by atoms with E-state index in [9.17, 15) is 4.79 Å². The lowest BCUT2D eigenvalue weighted by Crippen LogP contribution is -2.13. The van der Waals surface area contributed by atoms with Crippen molar-refractivity contribution in [1.82, 2.24) is 0 Å². The van der Waals surface area contributed by atoms with E-state index in [4.69, 9.17) is 15.2 Å². The molecule has 1 atom stereocenters. The summed E-state index contributed by atoms with van der Waals surface area (Å²) in [5.74, 6) is 0.734. The lowest BCUT2D eigenvalue weighted by Gasteiger charge is -2.17. The molecular formula is C17H27NO3. The van der Waals surface area contributed by atoms with Crippen molar-refractivity contribution in [2.75, 3.05) is 13.2 Å². The van der Waals surface area contributed by atoms with E-state index >= 15 is 0 Å². The highest BCUT2D eigenvalue weighted by atomic mass is 16.5. The largest absolute Gasteiger partial charge is 0.494 e. The van der Waals surface area contributed by atoms with Gasteiger partial charge in [-0.3, -0.25) is 4.79 Å². The van der Waals surface area contributed by atoms with Crippen molar-refractivity contribution in [2.45, 2.75) is 52.5 Å². The Kier molecular flexibility index (Phi) is 7.83. The number of carbonyl (C=O) groups is 1. The molecule has 4 heteroatoms. The lowest BCUT2D eigenvalue weighted by atomic mass is 9.98. The first kappa shape index (κ1) is 17.5. The Morgan fingerprint density at radius 1 is 1.24 bits per heavy atom. The van der Waals surface area contributed by atoms with Crippen molar-refractivity contribution in [3.8, 4) is 5.75 Å². The zero-order chi connectivity index (χ0) is 15.7. The average Bonchev–Trinajstić information content (AvgIpc) is 2.46. The summed E-state index contributed by atoms with van der Waals surface area (Å²) in [6.45, 7) is 6.91. The first-order chi connectivity index (χ1) is 10.1. The van der Waals surface area contributed by atoms with Crippen molar-refractivity contribution in [3.05, 3.63) is 29.3 Å². The zero-order valence-corrected chi connectivity index (χ0v) is 13.4. The van der Waals surface area contributed by atoms with Crippen LogP contribution in [0.5, 0.6) is 5.75 Å². The van der Waals surface area contributed by atoms with Crippen LogP contribution >= 0.6 is 0 Å². The first-order valence-corrected chi connectivity index (χ1v) is 7.73. The molecule has 2 N–H and O–H groups in total. The van der Waals surface area contributed by atoms with Gasteiger partial charge < -0.3 is 15.2 Å². The number of ether oxygens (including phenoxy) is 2. The minimum Gasteiger partial charge on any atom is -0.494 e. The zero-order valence-electron chi connectivity index (χ0n) is 13.4. The van der Waals surface area contributed by atoms with Crippen LogP contribution < -0.4 is 10.5 Å². The maximum atomic E-state index is 11.3. The van der Waals surface area contributed by atoms with E-state index < -0.39 is 0 Å². The molecule has 21 heavy (non-hydrogen) atoms. The molecule has 0 saturated carbocycles. The summed E-state index contributed by atoms with van der Waals surface area (Å²) in [4.78, 5) is 11.3. The van der Waals surface area contributed by atoms with Gasteiger partial charge in [-0.2, -0.15) is 0 Å². The van der Waals surface area contributed by atoms with E-state index in [0.717, 1.165) is 30.6 Å². The maximum absolute atomic E-state index is 11.3. The fourth-order valence-electron chi connectivity index (χ4n) is 2.27. The molecule has 0 bridgehead atoms. The summed E-state index contributed by atoms with van der Waals surface area (Å²) < 4.78 is 10.5. The minimum atomic E-state index is -0.128. The normalized spacial score (nSPS) is 12.0.